The highest BCUT2D eigenvalue weighted by Gasteiger charge is 2.47. The number of sulfone groups is 1. The van der Waals surface area contributed by atoms with Crippen LogP contribution in [0.25, 0.3) is 0 Å². The van der Waals surface area contributed by atoms with Gasteiger partial charge < -0.3 is 9.47 Å². The van der Waals surface area contributed by atoms with Crippen LogP contribution in [0.5, 0.6) is 11.5 Å². The van der Waals surface area contributed by atoms with Gasteiger partial charge in [0.25, 0.3) is 11.8 Å². The first kappa shape index (κ1) is 18.4. The van der Waals surface area contributed by atoms with E-state index in [1.807, 2.05) is 0 Å². The standard InChI is InChI=1S/C16H12N2O8S2/c1-28(23,24)6-10(8-2-3-11-12(4-8)26-7-25-11)17-14(19)9-5-27-16(18(21)22)13(9)15(17)20/h2-5,10H,6-7H2,1H3/t10-/m1/s1. The second-order valence-corrected chi connectivity index (χ2v) is 9.33. The number of ether oxygens (including phenoxy) is 2. The van der Waals surface area contributed by atoms with Gasteiger partial charge in [0.2, 0.25) is 6.79 Å². The van der Waals surface area contributed by atoms with Gasteiger partial charge in [0, 0.05) is 11.6 Å². The lowest BCUT2D eigenvalue weighted by atomic mass is 10.1. The number of fused-ring (bicyclic) bond motifs is 2. The van der Waals surface area contributed by atoms with E-state index in [1.54, 1.807) is 6.07 Å². The highest BCUT2D eigenvalue weighted by Crippen LogP contribution is 2.42. The molecule has 0 aliphatic carbocycles. The molecule has 10 nitrogen and oxygen atoms in total. The Labute approximate surface area is 162 Å². The summed E-state index contributed by atoms with van der Waals surface area (Å²) in [7, 11) is -3.62. The molecule has 2 amide bonds. The molecule has 146 valence electrons. The molecule has 2 aliphatic rings. The molecular formula is C16H12N2O8S2. The van der Waals surface area contributed by atoms with E-state index in [9.17, 15) is 28.1 Å². The molecule has 3 heterocycles. The molecular weight excluding hydrogens is 412 g/mol. The van der Waals surface area contributed by atoms with Crippen molar-refractivity contribution in [2.45, 2.75) is 6.04 Å². The summed E-state index contributed by atoms with van der Waals surface area (Å²) in [6, 6.07) is 3.42. The van der Waals surface area contributed by atoms with Gasteiger partial charge in [-0.2, -0.15) is 0 Å². The van der Waals surface area contributed by atoms with Crippen molar-refractivity contribution in [3.8, 4) is 11.5 Å². The maximum atomic E-state index is 12.9. The Morgan fingerprint density at radius 1 is 1.25 bits per heavy atom. The third kappa shape index (κ3) is 2.90. The van der Waals surface area contributed by atoms with Gasteiger partial charge in [-0.05, 0) is 17.7 Å². The normalized spacial score (nSPS) is 16.4. The Hall–Kier alpha value is -2.99. The van der Waals surface area contributed by atoms with E-state index in [0.717, 1.165) is 11.2 Å². The summed E-state index contributed by atoms with van der Waals surface area (Å²) in [5.41, 5.74) is -0.0620. The van der Waals surface area contributed by atoms with Gasteiger partial charge in [-0.3, -0.25) is 24.6 Å². The molecule has 2 aliphatic heterocycles. The van der Waals surface area contributed by atoms with E-state index in [1.165, 1.54) is 17.5 Å². The SMILES string of the molecule is CS(=O)(=O)C[C@H](c1ccc2c(c1)OCO2)N1C(=O)c2csc([N+](=O)[O-])c2C1=O. The topological polar surface area (TPSA) is 133 Å². The van der Waals surface area contributed by atoms with Crippen molar-refractivity contribution in [3.05, 3.63) is 50.4 Å². The third-order valence-electron chi connectivity index (χ3n) is 4.37. The van der Waals surface area contributed by atoms with Crippen molar-refractivity contribution in [2.24, 2.45) is 0 Å². The van der Waals surface area contributed by atoms with Crippen LogP contribution in [-0.4, -0.2) is 48.9 Å². The first-order valence-electron chi connectivity index (χ1n) is 7.88. The summed E-state index contributed by atoms with van der Waals surface area (Å²) < 4.78 is 34.5. The van der Waals surface area contributed by atoms with E-state index < -0.39 is 43.4 Å². The monoisotopic (exact) mass is 424 g/mol. The van der Waals surface area contributed by atoms with E-state index >= 15 is 0 Å². The fourth-order valence-corrected chi connectivity index (χ4v) is 4.96. The van der Waals surface area contributed by atoms with E-state index in [4.69, 9.17) is 9.47 Å². The van der Waals surface area contributed by atoms with Crippen LogP contribution in [0.2, 0.25) is 0 Å². The van der Waals surface area contributed by atoms with Crippen LogP contribution in [0.1, 0.15) is 32.3 Å². The summed E-state index contributed by atoms with van der Waals surface area (Å²) in [5.74, 6) is -1.38. The zero-order valence-corrected chi connectivity index (χ0v) is 15.9. The van der Waals surface area contributed by atoms with E-state index in [-0.39, 0.29) is 17.9 Å². The lowest BCUT2D eigenvalue weighted by Gasteiger charge is -2.26. The van der Waals surface area contributed by atoms with Crippen molar-refractivity contribution in [2.75, 3.05) is 18.8 Å². The molecule has 1 aromatic heterocycles. The van der Waals surface area contributed by atoms with Crippen LogP contribution in [0, 0.1) is 10.1 Å². The van der Waals surface area contributed by atoms with Gasteiger partial charge in [-0.25, -0.2) is 8.42 Å². The zero-order chi connectivity index (χ0) is 20.2. The van der Waals surface area contributed by atoms with Crippen molar-refractivity contribution in [1.29, 1.82) is 0 Å². The molecule has 12 heteroatoms. The third-order valence-corrected chi connectivity index (χ3v) is 6.22. The van der Waals surface area contributed by atoms with Gasteiger partial charge in [0.1, 0.15) is 15.4 Å². The fraction of sp³-hybridized carbons (Fsp3) is 0.250. The first-order valence-corrected chi connectivity index (χ1v) is 10.8. The Morgan fingerprint density at radius 3 is 2.64 bits per heavy atom. The van der Waals surface area contributed by atoms with Crippen LogP contribution >= 0.6 is 11.3 Å². The van der Waals surface area contributed by atoms with Crippen LogP contribution in [0.3, 0.4) is 0 Å². The van der Waals surface area contributed by atoms with Crippen LogP contribution in [0.4, 0.5) is 5.00 Å². The van der Waals surface area contributed by atoms with Crippen LogP contribution in [-0.2, 0) is 9.84 Å². The summed E-state index contributed by atoms with van der Waals surface area (Å²) in [5, 5.41) is 12.0. The molecule has 0 fully saturated rings. The first-order chi connectivity index (χ1) is 13.2. The molecule has 4 rings (SSSR count). The lowest BCUT2D eigenvalue weighted by molar-refractivity contribution is -0.380. The van der Waals surface area contributed by atoms with Crippen LogP contribution in [0.15, 0.2) is 23.6 Å². The van der Waals surface area contributed by atoms with Crippen molar-refractivity contribution in [3.63, 3.8) is 0 Å². The van der Waals surface area contributed by atoms with Crippen LogP contribution < -0.4 is 9.47 Å². The van der Waals surface area contributed by atoms with Gasteiger partial charge in [0.05, 0.1) is 22.3 Å². The summed E-state index contributed by atoms with van der Waals surface area (Å²) in [4.78, 5) is 36.9. The van der Waals surface area contributed by atoms with E-state index in [2.05, 4.69) is 0 Å². The molecule has 1 aromatic carbocycles. The summed E-state index contributed by atoms with van der Waals surface area (Å²) in [6.45, 7) is 0.000292. The average molecular weight is 424 g/mol. The molecule has 0 radical (unpaired) electrons. The van der Waals surface area contributed by atoms with E-state index in [0.29, 0.717) is 28.4 Å². The molecule has 0 saturated carbocycles. The van der Waals surface area contributed by atoms with Crippen molar-refractivity contribution >= 4 is 38.0 Å². The maximum Gasteiger partial charge on any atom is 0.337 e. The smallest absolute Gasteiger partial charge is 0.337 e. The van der Waals surface area contributed by atoms with Gasteiger partial charge >= 0.3 is 5.00 Å². The maximum absolute atomic E-state index is 12.9. The fourth-order valence-electron chi connectivity index (χ4n) is 3.20. The number of nitrogens with zero attached hydrogens (tertiary/aromatic N) is 2. The number of nitro groups is 1. The minimum Gasteiger partial charge on any atom is -0.454 e. The Morgan fingerprint density at radius 2 is 1.96 bits per heavy atom. The minimum absolute atomic E-state index is 0.000292. The largest absolute Gasteiger partial charge is 0.454 e. The second kappa shape index (κ2) is 6.27. The number of carbonyl (C=O) groups is 2. The number of thiophene rings is 1. The number of rotatable bonds is 5. The van der Waals surface area contributed by atoms with Gasteiger partial charge in [0.15, 0.2) is 11.5 Å². The van der Waals surface area contributed by atoms with Crippen molar-refractivity contribution in [1.82, 2.24) is 4.90 Å². The van der Waals surface area contributed by atoms with Crippen molar-refractivity contribution < 1.29 is 32.4 Å². The van der Waals surface area contributed by atoms with Gasteiger partial charge in [-0.1, -0.05) is 17.4 Å². The van der Waals surface area contributed by atoms with Gasteiger partial charge in [-0.15, -0.1) is 0 Å². The molecule has 0 unspecified atom stereocenters. The quantitative estimate of drug-likeness (QED) is 0.403. The summed E-state index contributed by atoms with van der Waals surface area (Å²) >= 11 is 0.684. The summed E-state index contributed by atoms with van der Waals surface area (Å²) in [6.07, 6.45) is 0.982. The molecule has 0 spiro atoms. The highest BCUT2D eigenvalue weighted by atomic mass is 32.2. The average Bonchev–Trinajstić information content (AvgIpc) is 3.29. The Balaban J connectivity index is 1.81. The number of carbonyl (C=O) groups excluding carboxylic acids is 2. The predicted octanol–water partition coefficient (Wildman–Crippen LogP) is 1.77. The number of imide groups is 1. The Bertz CT molecular complexity index is 1140. The number of benzene rings is 1. The number of hydrogen-bond donors (Lipinski definition) is 0. The lowest BCUT2D eigenvalue weighted by Crippen LogP contribution is -2.37. The molecule has 28 heavy (non-hydrogen) atoms. The molecule has 2 aromatic rings. The molecule has 0 saturated heterocycles. The minimum atomic E-state index is -3.62. The Kier molecular flexibility index (Phi) is 4.12. The number of amides is 2. The zero-order valence-electron chi connectivity index (χ0n) is 14.3. The second-order valence-electron chi connectivity index (χ2n) is 6.29. The predicted molar refractivity (Wildman–Crippen MR) is 96.5 cm³/mol. The molecule has 0 bridgehead atoms. The highest BCUT2D eigenvalue weighted by molar-refractivity contribution is 7.90. The molecule has 0 N–H and O–H groups in total. The molecule has 1 atom stereocenters. The number of hydrogen-bond acceptors (Lipinski definition) is 9.